The SMILES string of the molecule is Cc1cc(-c2ccnc(NC(=O)C3CC3)c2)c(F)cc1CN. The summed E-state index contributed by atoms with van der Waals surface area (Å²) >= 11 is 0. The zero-order chi connectivity index (χ0) is 15.7. The highest BCUT2D eigenvalue weighted by Crippen LogP contribution is 2.31. The number of hydrogen-bond acceptors (Lipinski definition) is 3. The number of anilines is 1. The lowest BCUT2D eigenvalue weighted by molar-refractivity contribution is -0.117. The van der Waals surface area contributed by atoms with E-state index in [2.05, 4.69) is 10.3 Å². The van der Waals surface area contributed by atoms with Crippen LogP contribution in [-0.4, -0.2) is 10.9 Å². The summed E-state index contributed by atoms with van der Waals surface area (Å²) in [6.45, 7) is 2.21. The van der Waals surface area contributed by atoms with Gasteiger partial charge in [0.2, 0.25) is 5.91 Å². The molecule has 1 aromatic carbocycles. The zero-order valence-corrected chi connectivity index (χ0v) is 12.4. The Morgan fingerprint density at radius 3 is 2.86 bits per heavy atom. The summed E-state index contributed by atoms with van der Waals surface area (Å²) < 4.78 is 14.3. The van der Waals surface area contributed by atoms with Crippen molar-refractivity contribution in [2.45, 2.75) is 26.3 Å². The van der Waals surface area contributed by atoms with Crippen molar-refractivity contribution in [1.82, 2.24) is 4.98 Å². The third kappa shape index (κ3) is 2.99. The Labute approximate surface area is 128 Å². The van der Waals surface area contributed by atoms with Crippen LogP contribution < -0.4 is 11.1 Å². The average Bonchev–Trinajstić information content (AvgIpc) is 3.34. The molecular weight excluding hydrogens is 281 g/mol. The van der Waals surface area contributed by atoms with E-state index in [1.807, 2.05) is 6.92 Å². The number of rotatable bonds is 4. The Kier molecular flexibility index (Phi) is 3.90. The lowest BCUT2D eigenvalue weighted by atomic mass is 9.99. The van der Waals surface area contributed by atoms with E-state index in [0.29, 0.717) is 23.5 Å². The molecule has 1 fully saturated rings. The standard InChI is InChI=1S/C17H18FN3O/c1-10-6-14(15(18)7-13(10)9-19)12-4-5-20-16(8-12)21-17(22)11-2-3-11/h4-8,11H,2-3,9,19H2,1H3,(H,20,21,22). The fourth-order valence-corrected chi connectivity index (χ4v) is 2.40. The fourth-order valence-electron chi connectivity index (χ4n) is 2.40. The second kappa shape index (κ2) is 5.85. The van der Waals surface area contributed by atoms with Crippen LogP contribution in [0.3, 0.4) is 0 Å². The van der Waals surface area contributed by atoms with E-state index < -0.39 is 0 Å². The number of halogens is 1. The first kappa shape index (κ1) is 14.7. The van der Waals surface area contributed by atoms with Crippen LogP contribution in [0.15, 0.2) is 30.5 Å². The molecule has 1 saturated carbocycles. The fraction of sp³-hybridized carbons (Fsp3) is 0.294. The lowest BCUT2D eigenvalue weighted by Crippen LogP contribution is -2.14. The van der Waals surface area contributed by atoms with Gasteiger partial charge in [0.25, 0.3) is 0 Å². The Morgan fingerprint density at radius 2 is 2.18 bits per heavy atom. The van der Waals surface area contributed by atoms with Crippen molar-refractivity contribution in [3.8, 4) is 11.1 Å². The summed E-state index contributed by atoms with van der Waals surface area (Å²) in [5, 5.41) is 2.78. The minimum Gasteiger partial charge on any atom is -0.326 e. The number of nitrogens with two attached hydrogens (primary N) is 1. The van der Waals surface area contributed by atoms with Crippen molar-refractivity contribution in [2.24, 2.45) is 11.7 Å². The Morgan fingerprint density at radius 1 is 1.41 bits per heavy atom. The number of pyridine rings is 1. The number of nitrogens with one attached hydrogen (secondary N) is 1. The Hall–Kier alpha value is -2.27. The van der Waals surface area contributed by atoms with E-state index in [0.717, 1.165) is 24.0 Å². The van der Waals surface area contributed by atoms with Crippen LogP contribution in [0.5, 0.6) is 0 Å². The molecule has 0 bridgehead atoms. The van der Waals surface area contributed by atoms with Gasteiger partial charge in [0, 0.05) is 24.2 Å². The van der Waals surface area contributed by atoms with E-state index >= 15 is 0 Å². The van der Waals surface area contributed by atoms with Gasteiger partial charge in [-0.2, -0.15) is 0 Å². The molecule has 0 unspecified atom stereocenters. The van der Waals surface area contributed by atoms with Gasteiger partial charge >= 0.3 is 0 Å². The smallest absolute Gasteiger partial charge is 0.228 e. The summed E-state index contributed by atoms with van der Waals surface area (Å²) in [6.07, 6.45) is 3.43. The molecular formula is C17H18FN3O. The van der Waals surface area contributed by atoms with Gasteiger partial charge in [0.05, 0.1) is 0 Å². The van der Waals surface area contributed by atoms with E-state index in [4.69, 9.17) is 5.73 Å². The number of hydrogen-bond donors (Lipinski definition) is 2. The second-order valence-corrected chi connectivity index (χ2v) is 5.66. The summed E-state index contributed by atoms with van der Waals surface area (Å²) in [7, 11) is 0. The van der Waals surface area contributed by atoms with Crippen molar-refractivity contribution < 1.29 is 9.18 Å². The monoisotopic (exact) mass is 299 g/mol. The van der Waals surface area contributed by atoms with Gasteiger partial charge in [0.1, 0.15) is 11.6 Å². The van der Waals surface area contributed by atoms with Crippen LogP contribution >= 0.6 is 0 Å². The minimum atomic E-state index is -0.322. The highest BCUT2D eigenvalue weighted by Gasteiger charge is 2.29. The molecule has 1 aromatic heterocycles. The van der Waals surface area contributed by atoms with Gasteiger partial charge in [-0.3, -0.25) is 4.79 Å². The number of nitrogens with zero attached hydrogens (tertiary/aromatic N) is 1. The predicted molar refractivity (Wildman–Crippen MR) is 83.6 cm³/mol. The molecule has 114 valence electrons. The van der Waals surface area contributed by atoms with Crippen LogP contribution in [0.2, 0.25) is 0 Å². The number of aromatic nitrogens is 1. The van der Waals surface area contributed by atoms with E-state index in [9.17, 15) is 9.18 Å². The van der Waals surface area contributed by atoms with E-state index in [1.165, 1.54) is 6.07 Å². The molecule has 3 rings (SSSR count). The molecule has 1 aliphatic carbocycles. The van der Waals surface area contributed by atoms with Gasteiger partial charge < -0.3 is 11.1 Å². The van der Waals surface area contributed by atoms with Gasteiger partial charge in [-0.25, -0.2) is 9.37 Å². The molecule has 0 spiro atoms. The molecule has 5 heteroatoms. The molecule has 0 saturated heterocycles. The minimum absolute atomic E-state index is 0.0141. The third-order valence-corrected chi connectivity index (χ3v) is 3.92. The van der Waals surface area contributed by atoms with E-state index in [1.54, 1.807) is 24.4 Å². The topological polar surface area (TPSA) is 68.0 Å². The quantitative estimate of drug-likeness (QED) is 0.912. The molecule has 3 N–H and O–H groups in total. The first-order valence-corrected chi connectivity index (χ1v) is 7.35. The number of carbonyl (C=O) groups is 1. The molecule has 22 heavy (non-hydrogen) atoms. The Bertz CT molecular complexity index is 726. The summed E-state index contributed by atoms with van der Waals surface area (Å²) in [6, 6.07) is 6.67. The number of carbonyl (C=O) groups excluding carboxylic acids is 1. The van der Waals surface area contributed by atoms with Crippen LogP contribution in [-0.2, 0) is 11.3 Å². The van der Waals surface area contributed by atoms with Crippen molar-refractivity contribution in [3.05, 3.63) is 47.4 Å². The molecule has 0 atom stereocenters. The second-order valence-electron chi connectivity index (χ2n) is 5.66. The molecule has 2 aromatic rings. The van der Waals surface area contributed by atoms with Crippen molar-refractivity contribution >= 4 is 11.7 Å². The molecule has 1 heterocycles. The van der Waals surface area contributed by atoms with Crippen molar-refractivity contribution in [1.29, 1.82) is 0 Å². The van der Waals surface area contributed by atoms with Gasteiger partial charge in [-0.05, 0) is 60.7 Å². The normalized spacial score (nSPS) is 14.0. The van der Waals surface area contributed by atoms with Crippen LogP contribution in [0.4, 0.5) is 10.2 Å². The zero-order valence-electron chi connectivity index (χ0n) is 12.4. The van der Waals surface area contributed by atoms with Gasteiger partial charge in [0.15, 0.2) is 0 Å². The number of aryl methyl sites for hydroxylation is 1. The highest BCUT2D eigenvalue weighted by atomic mass is 19.1. The highest BCUT2D eigenvalue weighted by molar-refractivity contribution is 5.93. The van der Waals surface area contributed by atoms with Crippen LogP contribution in [0, 0.1) is 18.7 Å². The molecule has 0 radical (unpaired) electrons. The predicted octanol–water partition coefficient (Wildman–Crippen LogP) is 3.00. The molecule has 4 nitrogen and oxygen atoms in total. The summed E-state index contributed by atoms with van der Waals surface area (Å²) in [4.78, 5) is 15.9. The molecule has 1 aliphatic rings. The van der Waals surface area contributed by atoms with Gasteiger partial charge in [-0.15, -0.1) is 0 Å². The number of amides is 1. The van der Waals surface area contributed by atoms with Crippen molar-refractivity contribution in [2.75, 3.05) is 5.32 Å². The van der Waals surface area contributed by atoms with Crippen LogP contribution in [0.1, 0.15) is 24.0 Å². The first-order valence-electron chi connectivity index (χ1n) is 7.35. The number of benzene rings is 1. The van der Waals surface area contributed by atoms with E-state index in [-0.39, 0.29) is 17.6 Å². The Balaban J connectivity index is 1.91. The molecule has 0 aliphatic heterocycles. The summed E-state index contributed by atoms with van der Waals surface area (Å²) in [5.74, 6) is 0.221. The average molecular weight is 299 g/mol. The van der Waals surface area contributed by atoms with Crippen LogP contribution in [0.25, 0.3) is 11.1 Å². The molecule has 1 amide bonds. The lowest BCUT2D eigenvalue weighted by Gasteiger charge is -2.10. The largest absolute Gasteiger partial charge is 0.326 e. The summed E-state index contributed by atoms with van der Waals surface area (Å²) in [5.41, 5.74) is 8.50. The van der Waals surface area contributed by atoms with Gasteiger partial charge in [-0.1, -0.05) is 0 Å². The first-order chi connectivity index (χ1) is 10.6. The maximum absolute atomic E-state index is 14.3. The third-order valence-electron chi connectivity index (χ3n) is 3.92. The maximum atomic E-state index is 14.3. The maximum Gasteiger partial charge on any atom is 0.228 e. The van der Waals surface area contributed by atoms with Crippen molar-refractivity contribution in [3.63, 3.8) is 0 Å².